The van der Waals surface area contributed by atoms with Crippen molar-refractivity contribution in [1.29, 1.82) is 0 Å². The van der Waals surface area contributed by atoms with E-state index in [0.29, 0.717) is 77.1 Å². The van der Waals surface area contributed by atoms with Gasteiger partial charge in [0, 0.05) is 54.5 Å². The molecule has 0 radical (unpaired) electrons. The zero-order valence-electron chi connectivity index (χ0n) is 33.3. The number of anilines is 1. The van der Waals surface area contributed by atoms with Crippen LogP contribution in [0.25, 0.3) is 0 Å². The van der Waals surface area contributed by atoms with Gasteiger partial charge < -0.3 is 34.1 Å². The monoisotopic (exact) mass is 791 g/mol. The van der Waals surface area contributed by atoms with Crippen molar-refractivity contribution in [3.05, 3.63) is 88.0 Å². The molecule has 0 aromatic heterocycles. The maximum atomic E-state index is 13.6. The number of thiol groups is 1. The second-order valence-corrected chi connectivity index (χ2v) is 16.6. The number of hydrogen-bond donors (Lipinski definition) is 2. The molecule has 7 rings (SSSR count). The van der Waals surface area contributed by atoms with E-state index in [1.165, 1.54) is 25.4 Å². The molecular weight excluding hydrogens is 743 g/mol. The zero-order chi connectivity index (χ0) is 40.4. The number of fused-ring (bicyclic) bond motifs is 4. The first kappa shape index (κ1) is 39.7. The molecule has 0 bridgehead atoms. The maximum absolute atomic E-state index is 13.6. The van der Waals surface area contributed by atoms with Gasteiger partial charge in [-0.15, -0.1) is 0 Å². The third kappa shape index (κ3) is 8.73. The molecule has 1 N–H and O–H groups in total. The minimum Gasteiger partial charge on any atom is -0.493 e. The Kier molecular flexibility index (Phi) is 11.5. The van der Waals surface area contributed by atoms with E-state index in [1.54, 1.807) is 24.3 Å². The number of ether oxygens (including phenoxy) is 4. The van der Waals surface area contributed by atoms with Crippen molar-refractivity contribution in [2.45, 2.75) is 83.4 Å². The number of nitrogens with zero attached hydrogens (tertiary/aromatic N) is 4. The molecule has 298 valence electrons. The van der Waals surface area contributed by atoms with Crippen LogP contribution in [0.4, 0.5) is 17.1 Å². The number of methoxy groups -OCH3 is 2. The maximum Gasteiger partial charge on any atom is 0.257 e. The molecule has 0 unspecified atom stereocenters. The summed E-state index contributed by atoms with van der Waals surface area (Å²) in [6.07, 6.45) is 10.2. The Morgan fingerprint density at radius 1 is 0.772 bits per heavy atom. The first-order valence-corrected chi connectivity index (χ1v) is 19.6. The van der Waals surface area contributed by atoms with Gasteiger partial charge in [-0.25, -0.2) is 0 Å². The Morgan fingerprint density at radius 2 is 1.25 bits per heavy atom. The molecule has 4 aliphatic rings. The number of hydrogen-bond acceptors (Lipinski definition) is 10. The first-order chi connectivity index (χ1) is 27.4. The summed E-state index contributed by atoms with van der Waals surface area (Å²) in [4.78, 5) is 53.4. The third-order valence-electron chi connectivity index (χ3n) is 10.7. The molecule has 0 aliphatic carbocycles. The van der Waals surface area contributed by atoms with Crippen LogP contribution in [0, 0.1) is 0 Å². The van der Waals surface area contributed by atoms with Crippen molar-refractivity contribution < 1.29 is 33.3 Å². The first-order valence-electron chi connectivity index (χ1n) is 19.2. The Hall–Kier alpha value is -5.56. The number of carbonyl (C=O) groups is 3. The Morgan fingerprint density at radius 3 is 1.67 bits per heavy atom. The van der Waals surface area contributed by atoms with E-state index in [4.69, 9.17) is 28.9 Å². The van der Waals surface area contributed by atoms with Gasteiger partial charge in [-0.1, -0.05) is 37.1 Å². The quantitative estimate of drug-likeness (QED) is 0.140. The largest absolute Gasteiger partial charge is 0.493 e. The van der Waals surface area contributed by atoms with Crippen molar-refractivity contribution in [2.75, 3.05) is 32.6 Å². The van der Waals surface area contributed by atoms with Crippen LogP contribution >= 0.6 is 12.6 Å². The highest BCUT2D eigenvalue weighted by molar-refractivity contribution is 7.81. The summed E-state index contributed by atoms with van der Waals surface area (Å²) in [7, 11) is 3.07. The Balaban J connectivity index is 1.13. The minimum atomic E-state index is -0.299. The average molecular weight is 792 g/mol. The van der Waals surface area contributed by atoms with Crippen molar-refractivity contribution in [1.82, 2.24) is 9.80 Å². The summed E-state index contributed by atoms with van der Waals surface area (Å²) in [5, 5.41) is 3.03. The fourth-order valence-electron chi connectivity index (χ4n) is 7.50. The third-order valence-corrected chi connectivity index (χ3v) is 10.9. The van der Waals surface area contributed by atoms with Crippen LogP contribution in [0.1, 0.15) is 85.2 Å². The van der Waals surface area contributed by atoms with Gasteiger partial charge in [0.1, 0.15) is 13.2 Å². The molecule has 3 amide bonds. The second-order valence-electron chi connectivity index (χ2n) is 15.4. The summed E-state index contributed by atoms with van der Waals surface area (Å²) in [6.45, 7) is 9.28. The summed E-state index contributed by atoms with van der Waals surface area (Å²) in [5.41, 5.74) is 6.42. The van der Waals surface area contributed by atoms with Crippen molar-refractivity contribution in [2.24, 2.45) is 9.98 Å². The van der Waals surface area contributed by atoms with Gasteiger partial charge in [-0.05, 0) is 74.6 Å². The van der Waals surface area contributed by atoms with Gasteiger partial charge >= 0.3 is 0 Å². The van der Waals surface area contributed by atoms with Crippen LogP contribution < -0.4 is 24.3 Å². The van der Waals surface area contributed by atoms with Gasteiger partial charge in [-0.2, -0.15) is 12.6 Å². The molecule has 2 atom stereocenters. The molecular formula is C44H49N5O7S. The van der Waals surface area contributed by atoms with E-state index >= 15 is 0 Å². The summed E-state index contributed by atoms with van der Waals surface area (Å²) in [6, 6.07) is 12.3. The van der Waals surface area contributed by atoms with E-state index in [9.17, 15) is 14.4 Å². The van der Waals surface area contributed by atoms with Crippen molar-refractivity contribution in [3.63, 3.8) is 0 Å². The predicted molar refractivity (Wildman–Crippen MR) is 225 cm³/mol. The number of allylic oxidation sites excluding steroid dienone is 2. The van der Waals surface area contributed by atoms with Gasteiger partial charge in [0.05, 0.1) is 48.8 Å². The van der Waals surface area contributed by atoms with Crippen molar-refractivity contribution in [3.8, 4) is 23.0 Å². The predicted octanol–water partition coefficient (Wildman–Crippen LogP) is 8.04. The van der Waals surface area contributed by atoms with Crippen LogP contribution in [0.15, 0.2) is 75.7 Å². The number of benzene rings is 3. The van der Waals surface area contributed by atoms with Crippen LogP contribution in [0.3, 0.4) is 0 Å². The van der Waals surface area contributed by atoms with E-state index in [0.717, 1.165) is 24.0 Å². The lowest BCUT2D eigenvalue weighted by atomic mass is 10.1. The average Bonchev–Trinajstić information content (AvgIpc) is 3.77. The highest BCUT2D eigenvalue weighted by Crippen LogP contribution is 2.41. The molecule has 0 saturated carbocycles. The Labute approximate surface area is 339 Å². The standard InChI is InChI=1S/C44H49N5O7S/c1-7-26-14-31-20-45-35-18-39(37(53-5)16-33(35)42(51)48(31)22-26)55-24-28-11-29(13-30(12-28)47-41(50)9-10-44(3,4)57)25-56-40-19-36-34(17-38(40)54-6)43(52)49-23-27(8-2)15-32(49)21-46-36/h7-8,11-13,16-21,31-32,57H,9-10,14-15,22-25H2,1-6H3,(H,47,50)/b26-7+,27-8+/t31-,32-/m0/s1. The van der Waals surface area contributed by atoms with Gasteiger partial charge in [0.15, 0.2) is 23.0 Å². The molecule has 57 heavy (non-hydrogen) atoms. The SMILES string of the molecule is C/C=C1\C[C@H]2C=Nc3cc(OCc4cc(COc5cc6c(cc5OC)C(=O)N5C/C(=C/C)C[C@H]5C=N6)cc(NC(=O)CCC(C)(C)S)c4)c(OC)cc3C(=O)N2C1. The number of nitrogens with one attached hydrogen (secondary N) is 1. The normalized spacial score (nSPS) is 19.8. The van der Waals surface area contributed by atoms with E-state index in [1.807, 2.05) is 68.1 Å². The van der Waals surface area contributed by atoms with Crippen LogP contribution in [0.5, 0.6) is 23.0 Å². The van der Waals surface area contributed by atoms with Gasteiger partial charge in [-0.3, -0.25) is 24.4 Å². The smallest absolute Gasteiger partial charge is 0.257 e. The molecule has 0 spiro atoms. The minimum absolute atomic E-state index is 0.101. The van der Waals surface area contributed by atoms with E-state index < -0.39 is 0 Å². The second kappa shape index (κ2) is 16.5. The number of aliphatic imine (C=N–C) groups is 2. The van der Waals surface area contributed by atoms with E-state index in [-0.39, 0.29) is 47.8 Å². The van der Waals surface area contributed by atoms with Gasteiger partial charge in [0.2, 0.25) is 5.91 Å². The highest BCUT2D eigenvalue weighted by Gasteiger charge is 2.36. The molecule has 2 saturated heterocycles. The molecule has 13 heteroatoms. The fraction of sp³-hybridized carbons (Fsp3) is 0.386. The molecule has 4 aliphatic heterocycles. The zero-order valence-corrected chi connectivity index (χ0v) is 34.2. The molecule has 3 aromatic carbocycles. The Bertz CT molecular complexity index is 2090. The van der Waals surface area contributed by atoms with Crippen molar-refractivity contribution >= 4 is 59.8 Å². The summed E-state index contributed by atoms with van der Waals surface area (Å²) < 4.78 is 23.8. The van der Waals surface area contributed by atoms with Crippen LogP contribution in [-0.4, -0.2) is 84.1 Å². The van der Waals surface area contributed by atoms with Gasteiger partial charge in [0.25, 0.3) is 11.8 Å². The number of carbonyl (C=O) groups excluding carboxylic acids is 3. The lowest BCUT2D eigenvalue weighted by Gasteiger charge is -2.20. The summed E-state index contributed by atoms with van der Waals surface area (Å²) >= 11 is 4.58. The lowest BCUT2D eigenvalue weighted by molar-refractivity contribution is -0.116. The number of rotatable bonds is 12. The lowest BCUT2D eigenvalue weighted by Crippen LogP contribution is -2.35. The topological polar surface area (TPSA) is 131 Å². The molecule has 3 aromatic rings. The summed E-state index contributed by atoms with van der Waals surface area (Å²) in [5.74, 6) is 1.31. The van der Waals surface area contributed by atoms with Crippen LogP contribution in [0.2, 0.25) is 0 Å². The van der Waals surface area contributed by atoms with Crippen LogP contribution in [-0.2, 0) is 18.0 Å². The highest BCUT2D eigenvalue weighted by atomic mass is 32.1. The molecule has 4 heterocycles. The number of amides is 3. The molecule has 2 fully saturated rings. The molecule has 12 nitrogen and oxygen atoms in total. The van der Waals surface area contributed by atoms with E-state index in [2.05, 4.69) is 30.1 Å². The fourth-order valence-corrected chi connectivity index (χ4v) is 7.61.